The highest BCUT2D eigenvalue weighted by molar-refractivity contribution is 8.00. The highest BCUT2D eigenvalue weighted by atomic mass is 35.5. The van der Waals surface area contributed by atoms with Crippen molar-refractivity contribution in [3.8, 4) is 0 Å². The highest BCUT2D eigenvalue weighted by Crippen LogP contribution is 2.30. The molecule has 2 N–H and O–H groups in total. The van der Waals surface area contributed by atoms with Crippen LogP contribution >= 0.6 is 23.4 Å². The van der Waals surface area contributed by atoms with Crippen molar-refractivity contribution < 1.29 is 14.7 Å². The third-order valence-corrected chi connectivity index (χ3v) is 3.45. The zero-order valence-corrected chi connectivity index (χ0v) is 10.7. The summed E-state index contributed by atoms with van der Waals surface area (Å²) in [4.78, 5) is 22.4. The van der Waals surface area contributed by atoms with E-state index in [4.69, 9.17) is 16.7 Å². The Morgan fingerprint density at radius 3 is 2.65 bits per heavy atom. The second kappa shape index (κ2) is 6.51. The number of carboxylic acids is 1. The third kappa shape index (κ3) is 5.10. The van der Waals surface area contributed by atoms with Gasteiger partial charge in [0, 0.05) is 11.8 Å². The van der Waals surface area contributed by atoms with Crippen molar-refractivity contribution in [3.05, 3.63) is 29.3 Å². The lowest BCUT2D eigenvalue weighted by Gasteiger charge is -2.15. The van der Waals surface area contributed by atoms with Crippen LogP contribution in [0.1, 0.15) is 13.3 Å². The van der Waals surface area contributed by atoms with Gasteiger partial charge in [0.25, 0.3) is 0 Å². The smallest absolute Gasteiger partial charge is 0.306 e. The first kappa shape index (κ1) is 13.9. The molecule has 0 aliphatic rings. The van der Waals surface area contributed by atoms with Gasteiger partial charge in [0.2, 0.25) is 5.91 Å². The maximum Gasteiger partial charge on any atom is 0.306 e. The molecule has 1 aromatic rings. The number of carbonyl (C=O) groups excluding carboxylic acids is 1. The van der Waals surface area contributed by atoms with E-state index < -0.39 is 11.3 Å². The van der Waals surface area contributed by atoms with Crippen molar-refractivity contribution in [2.24, 2.45) is 0 Å². The number of carbonyl (C=O) groups is 2. The number of hydrogen-bond donors (Lipinski definition) is 2. The highest BCUT2D eigenvalue weighted by Gasteiger charge is 2.16. The molecule has 6 heteroatoms. The van der Waals surface area contributed by atoms with Gasteiger partial charge in [-0.2, -0.15) is 0 Å². The van der Waals surface area contributed by atoms with Crippen molar-refractivity contribution in [1.29, 1.82) is 0 Å². The van der Waals surface area contributed by atoms with E-state index in [0.717, 1.165) is 4.90 Å². The van der Waals surface area contributed by atoms with E-state index in [1.54, 1.807) is 24.3 Å². The van der Waals surface area contributed by atoms with Crippen molar-refractivity contribution >= 4 is 35.2 Å². The number of thioether (sulfide) groups is 1. The molecule has 0 aliphatic carbocycles. The van der Waals surface area contributed by atoms with Crippen LogP contribution in [-0.4, -0.2) is 22.4 Å². The molecule has 0 saturated carbocycles. The van der Waals surface area contributed by atoms with Gasteiger partial charge >= 0.3 is 5.97 Å². The molecule has 0 bridgehead atoms. The van der Waals surface area contributed by atoms with Crippen LogP contribution in [0.5, 0.6) is 0 Å². The average molecular weight is 274 g/mol. The van der Waals surface area contributed by atoms with Crippen LogP contribution in [0.2, 0.25) is 5.02 Å². The van der Waals surface area contributed by atoms with E-state index in [0.29, 0.717) is 5.02 Å². The Morgan fingerprint density at radius 1 is 1.47 bits per heavy atom. The van der Waals surface area contributed by atoms with E-state index in [-0.39, 0.29) is 12.3 Å². The second-order valence-electron chi connectivity index (χ2n) is 3.34. The van der Waals surface area contributed by atoms with Crippen molar-refractivity contribution in [3.63, 3.8) is 0 Å². The molecular formula is C11H12ClNO3S. The maximum atomic E-state index is 11.0. The first-order valence-electron chi connectivity index (χ1n) is 4.89. The monoisotopic (exact) mass is 273 g/mol. The Hall–Kier alpha value is -1.20. The Balaban J connectivity index is 2.75. The Morgan fingerprint density at radius 2 is 2.12 bits per heavy atom. The van der Waals surface area contributed by atoms with Gasteiger partial charge in [0.15, 0.2) is 0 Å². The topological polar surface area (TPSA) is 66.4 Å². The fraction of sp³-hybridized carbons (Fsp3) is 0.273. The molecule has 1 aromatic carbocycles. The van der Waals surface area contributed by atoms with Crippen LogP contribution < -0.4 is 5.32 Å². The zero-order chi connectivity index (χ0) is 12.8. The summed E-state index contributed by atoms with van der Waals surface area (Å²) in [6.07, 6.45) is -0.157. The molecule has 0 heterocycles. The average Bonchev–Trinajstić information content (AvgIpc) is 2.19. The van der Waals surface area contributed by atoms with Crippen LogP contribution in [0, 0.1) is 0 Å². The fourth-order valence-corrected chi connectivity index (χ4v) is 2.57. The molecule has 92 valence electrons. The number of nitrogens with one attached hydrogen (secondary N) is 1. The summed E-state index contributed by atoms with van der Waals surface area (Å²) >= 11 is 7.19. The van der Waals surface area contributed by atoms with E-state index in [9.17, 15) is 9.59 Å². The quantitative estimate of drug-likeness (QED) is 0.638. The van der Waals surface area contributed by atoms with Gasteiger partial charge in [0.1, 0.15) is 0 Å². The summed E-state index contributed by atoms with van der Waals surface area (Å²) in [7, 11) is 0. The summed E-state index contributed by atoms with van der Waals surface area (Å²) in [6.45, 7) is 1.35. The van der Waals surface area contributed by atoms with Crippen LogP contribution in [0.3, 0.4) is 0 Å². The Bertz CT molecular complexity index is 409. The van der Waals surface area contributed by atoms with Gasteiger partial charge in [-0.1, -0.05) is 35.5 Å². The van der Waals surface area contributed by atoms with Gasteiger partial charge in [-0.05, 0) is 12.1 Å². The fourth-order valence-electron chi connectivity index (χ4n) is 1.20. The molecule has 4 nitrogen and oxygen atoms in total. The summed E-state index contributed by atoms with van der Waals surface area (Å²) in [5.74, 6) is -1.24. The van der Waals surface area contributed by atoms with Crippen LogP contribution in [0.4, 0.5) is 0 Å². The molecule has 0 aliphatic heterocycles. The minimum Gasteiger partial charge on any atom is -0.481 e. The second-order valence-corrected chi connectivity index (χ2v) is 4.99. The van der Waals surface area contributed by atoms with Gasteiger partial charge in [0.05, 0.1) is 16.8 Å². The first-order valence-corrected chi connectivity index (χ1v) is 6.15. The lowest BCUT2D eigenvalue weighted by atomic mass is 10.4. The number of hydrogen-bond acceptors (Lipinski definition) is 3. The predicted molar refractivity (Wildman–Crippen MR) is 67.2 cm³/mol. The molecule has 1 unspecified atom stereocenters. The minimum atomic E-state index is -0.969. The summed E-state index contributed by atoms with van der Waals surface area (Å²) in [6, 6.07) is 7.09. The molecular weight excluding hydrogens is 262 g/mol. The van der Waals surface area contributed by atoms with E-state index >= 15 is 0 Å². The molecule has 0 radical (unpaired) electrons. The maximum absolute atomic E-state index is 11.0. The van der Waals surface area contributed by atoms with Crippen LogP contribution in [-0.2, 0) is 9.59 Å². The molecule has 1 rings (SSSR count). The molecule has 0 aromatic heterocycles. The van der Waals surface area contributed by atoms with Gasteiger partial charge in [-0.3, -0.25) is 9.59 Å². The number of amides is 1. The SMILES string of the molecule is CC(=O)NC(CC(=O)O)Sc1ccccc1Cl. The summed E-state index contributed by atoms with van der Waals surface area (Å²) in [5, 5.41) is 11.3. The van der Waals surface area contributed by atoms with Gasteiger partial charge in [-0.15, -0.1) is 0 Å². The Labute approximate surface area is 108 Å². The number of rotatable bonds is 5. The number of halogens is 1. The number of carboxylic acid groups (broad SMARTS) is 1. The standard InChI is InChI=1S/C11H12ClNO3S/c1-7(14)13-10(6-11(15)16)17-9-5-3-2-4-8(9)12/h2-5,10H,6H2,1H3,(H,13,14)(H,15,16). The Kier molecular flexibility index (Phi) is 5.31. The van der Waals surface area contributed by atoms with E-state index in [1.165, 1.54) is 18.7 Å². The molecule has 0 spiro atoms. The van der Waals surface area contributed by atoms with Crippen LogP contribution in [0.25, 0.3) is 0 Å². The lowest BCUT2D eigenvalue weighted by Crippen LogP contribution is -2.32. The van der Waals surface area contributed by atoms with Crippen molar-refractivity contribution in [1.82, 2.24) is 5.32 Å². The number of benzene rings is 1. The zero-order valence-electron chi connectivity index (χ0n) is 9.14. The first-order chi connectivity index (χ1) is 7.99. The van der Waals surface area contributed by atoms with Crippen LogP contribution in [0.15, 0.2) is 29.2 Å². The molecule has 17 heavy (non-hydrogen) atoms. The van der Waals surface area contributed by atoms with Gasteiger partial charge in [-0.25, -0.2) is 0 Å². The largest absolute Gasteiger partial charge is 0.481 e. The van der Waals surface area contributed by atoms with Gasteiger partial charge < -0.3 is 10.4 Å². The predicted octanol–water partition coefficient (Wildman–Crippen LogP) is 2.37. The number of aliphatic carboxylic acids is 1. The third-order valence-electron chi connectivity index (χ3n) is 1.83. The summed E-state index contributed by atoms with van der Waals surface area (Å²) < 4.78 is 0. The normalized spacial score (nSPS) is 11.9. The summed E-state index contributed by atoms with van der Waals surface area (Å²) in [5.41, 5.74) is 0. The minimum absolute atomic E-state index is 0.157. The molecule has 1 amide bonds. The molecule has 0 saturated heterocycles. The van der Waals surface area contributed by atoms with E-state index in [1.807, 2.05) is 0 Å². The van der Waals surface area contributed by atoms with E-state index in [2.05, 4.69) is 5.32 Å². The van der Waals surface area contributed by atoms with Crippen molar-refractivity contribution in [2.75, 3.05) is 0 Å². The molecule has 0 fully saturated rings. The van der Waals surface area contributed by atoms with Crippen molar-refractivity contribution in [2.45, 2.75) is 23.6 Å². The molecule has 1 atom stereocenters. The lowest BCUT2D eigenvalue weighted by molar-refractivity contribution is -0.137.